The van der Waals surface area contributed by atoms with Crippen LogP contribution < -0.4 is 9.47 Å². The molecule has 0 fully saturated rings. The van der Waals surface area contributed by atoms with Gasteiger partial charge in [-0.15, -0.1) is 0 Å². The Morgan fingerprint density at radius 2 is 1.47 bits per heavy atom. The van der Waals surface area contributed by atoms with Gasteiger partial charge in [-0.3, -0.25) is 9.59 Å². The molecule has 0 saturated carbocycles. The van der Waals surface area contributed by atoms with Crippen LogP contribution in [0, 0.1) is 0 Å². The fourth-order valence-electron chi connectivity index (χ4n) is 3.99. The van der Waals surface area contributed by atoms with Crippen LogP contribution in [0.25, 0.3) is 0 Å². The van der Waals surface area contributed by atoms with Crippen LogP contribution in [0.4, 0.5) is 0 Å². The third-order valence-electron chi connectivity index (χ3n) is 5.86. The van der Waals surface area contributed by atoms with Gasteiger partial charge in [-0.2, -0.15) is 0 Å². The lowest BCUT2D eigenvalue weighted by molar-refractivity contribution is 0.0890. The second-order valence-electron chi connectivity index (χ2n) is 8.06. The molecule has 0 amide bonds. The molecule has 0 bridgehead atoms. The zero-order valence-electron chi connectivity index (χ0n) is 19.8. The predicted octanol–water partition coefficient (Wildman–Crippen LogP) is 4.98. The molecule has 1 heterocycles. The van der Waals surface area contributed by atoms with Crippen molar-refractivity contribution in [1.29, 1.82) is 0 Å². The van der Waals surface area contributed by atoms with E-state index in [1.807, 2.05) is 0 Å². The zero-order chi connectivity index (χ0) is 25.7. The fraction of sp³-hybridized carbons (Fsp3) is 0.143. The lowest BCUT2D eigenvalue weighted by Gasteiger charge is -2.18. The molecule has 4 rings (SSSR count). The van der Waals surface area contributed by atoms with Crippen LogP contribution in [-0.4, -0.2) is 38.2 Å². The SMILES string of the molecule is COc1cccc(C(=O)C(CC(=O)c2cccn2S(=O)(=O)c2ccccc2)c2cccc(OC)c2)c1. The first-order chi connectivity index (χ1) is 17.3. The summed E-state index contributed by atoms with van der Waals surface area (Å²) in [5.41, 5.74) is 0.937. The number of hydrogen-bond donors (Lipinski definition) is 0. The van der Waals surface area contributed by atoms with E-state index in [1.54, 1.807) is 66.7 Å². The van der Waals surface area contributed by atoms with E-state index in [0.29, 0.717) is 22.6 Å². The van der Waals surface area contributed by atoms with Gasteiger partial charge < -0.3 is 9.47 Å². The number of rotatable bonds is 10. The summed E-state index contributed by atoms with van der Waals surface area (Å²) in [4.78, 5) is 27.2. The zero-order valence-corrected chi connectivity index (χ0v) is 20.6. The Hall–Kier alpha value is -4.17. The number of hydrogen-bond acceptors (Lipinski definition) is 6. The van der Waals surface area contributed by atoms with Crippen LogP contribution in [0.1, 0.15) is 38.7 Å². The van der Waals surface area contributed by atoms with Gasteiger partial charge in [-0.05, 0) is 54.1 Å². The van der Waals surface area contributed by atoms with Crippen molar-refractivity contribution in [3.63, 3.8) is 0 Å². The largest absolute Gasteiger partial charge is 0.497 e. The Balaban J connectivity index is 1.73. The Bertz CT molecular complexity index is 1490. The number of aromatic nitrogens is 1. The number of ketones is 2. The third-order valence-corrected chi connectivity index (χ3v) is 7.56. The fourth-order valence-corrected chi connectivity index (χ4v) is 5.37. The molecule has 0 aliphatic heterocycles. The van der Waals surface area contributed by atoms with Crippen molar-refractivity contribution >= 4 is 21.6 Å². The molecule has 1 aromatic heterocycles. The predicted molar refractivity (Wildman–Crippen MR) is 135 cm³/mol. The summed E-state index contributed by atoms with van der Waals surface area (Å²) in [6, 6.07) is 24.5. The topological polar surface area (TPSA) is 91.7 Å². The van der Waals surface area contributed by atoms with Crippen molar-refractivity contribution in [3.05, 3.63) is 114 Å². The van der Waals surface area contributed by atoms with Gasteiger partial charge in [0.15, 0.2) is 11.6 Å². The third kappa shape index (κ3) is 5.08. The van der Waals surface area contributed by atoms with Crippen molar-refractivity contribution < 1.29 is 27.5 Å². The van der Waals surface area contributed by atoms with Crippen molar-refractivity contribution in [2.75, 3.05) is 14.2 Å². The van der Waals surface area contributed by atoms with E-state index in [9.17, 15) is 18.0 Å². The molecule has 1 atom stereocenters. The first-order valence-electron chi connectivity index (χ1n) is 11.2. The maximum absolute atomic E-state index is 13.6. The number of nitrogens with zero attached hydrogens (tertiary/aromatic N) is 1. The highest BCUT2D eigenvalue weighted by Gasteiger charge is 2.29. The Morgan fingerprint density at radius 1 is 0.806 bits per heavy atom. The molecular formula is C28H25NO6S. The minimum Gasteiger partial charge on any atom is -0.497 e. The second-order valence-corrected chi connectivity index (χ2v) is 9.87. The van der Waals surface area contributed by atoms with Gasteiger partial charge >= 0.3 is 0 Å². The quantitative estimate of drug-likeness (QED) is 0.284. The molecule has 0 aliphatic carbocycles. The number of benzene rings is 3. The molecule has 184 valence electrons. The van der Waals surface area contributed by atoms with Crippen LogP contribution in [0.2, 0.25) is 0 Å². The molecule has 7 nitrogen and oxygen atoms in total. The molecule has 3 aromatic carbocycles. The summed E-state index contributed by atoms with van der Waals surface area (Å²) in [6.45, 7) is 0. The van der Waals surface area contributed by atoms with Gasteiger partial charge in [-0.25, -0.2) is 12.4 Å². The summed E-state index contributed by atoms with van der Waals surface area (Å²) in [5.74, 6) is -0.594. The maximum atomic E-state index is 13.6. The van der Waals surface area contributed by atoms with E-state index in [0.717, 1.165) is 3.97 Å². The normalized spacial score (nSPS) is 12.1. The van der Waals surface area contributed by atoms with Gasteiger partial charge in [0.1, 0.15) is 11.5 Å². The van der Waals surface area contributed by atoms with E-state index >= 15 is 0 Å². The summed E-state index contributed by atoms with van der Waals surface area (Å²) in [7, 11) is -0.963. The molecule has 0 N–H and O–H groups in total. The highest BCUT2D eigenvalue weighted by Crippen LogP contribution is 2.30. The van der Waals surface area contributed by atoms with Gasteiger partial charge in [-0.1, -0.05) is 42.5 Å². The standard InChI is InChI=1S/C28H25NO6S/c1-34-22-11-6-9-20(17-22)25(28(31)21-10-7-12-23(18-21)35-2)19-27(30)26-15-8-16-29(26)36(32,33)24-13-4-3-5-14-24/h3-18,25H,19H2,1-2H3. The molecule has 8 heteroatoms. The van der Waals surface area contributed by atoms with Crippen LogP contribution in [0.5, 0.6) is 11.5 Å². The Kier molecular flexibility index (Phi) is 7.36. The van der Waals surface area contributed by atoms with E-state index in [-0.39, 0.29) is 22.8 Å². The van der Waals surface area contributed by atoms with E-state index < -0.39 is 21.7 Å². The molecule has 4 aromatic rings. The van der Waals surface area contributed by atoms with Crippen LogP contribution in [-0.2, 0) is 10.0 Å². The molecular weight excluding hydrogens is 478 g/mol. The van der Waals surface area contributed by atoms with Crippen molar-refractivity contribution in [1.82, 2.24) is 3.97 Å². The van der Waals surface area contributed by atoms with Crippen molar-refractivity contribution in [3.8, 4) is 11.5 Å². The smallest absolute Gasteiger partial charge is 0.268 e. The monoisotopic (exact) mass is 503 g/mol. The van der Waals surface area contributed by atoms with Crippen LogP contribution in [0.15, 0.2) is 102 Å². The molecule has 0 radical (unpaired) electrons. The number of carbonyl (C=O) groups excluding carboxylic acids is 2. The highest BCUT2D eigenvalue weighted by atomic mass is 32.2. The summed E-state index contributed by atoms with van der Waals surface area (Å²) >= 11 is 0. The Morgan fingerprint density at radius 3 is 2.17 bits per heavy atom. The first-order valence-corrected chi connectivity index (χ1v) is 12.6. The molecule has 0 spiro atoms. The van der Waals surface area contributed by atoms with Crippen LogP contribution >= 0.6 is 0 Å². The number of Topliss-reactive ketones (excluding diaryl/α,β-unsaturated/α-hetero) is 2. The highest BCUT2D eigenvalue weighted by molar-refractivity contribution is 7.90. The first kappa shape index (κ1) is 24.9. The van der Waals surface area contributed by atoms with E-state index in [2.05, 4.69) is 0 Å². The summed E-state index contributed by atoms with van der Waals surface area (Å²) in [6.07, 6.45) is 1.09. The minimum absolute atomic E-state index is 0.0230. The lowest BCUT2D eigenvalue weighted by atomic mass is 9.86. The number of carbonyl (C=O) groups is 2. The maximum Gasteiger partial charge on any atom is 0.268 e. The minimum atomic E-state index is -3.99. The molecule has 1 unspecified atom stereocenters. The average Bonchev–Trinajstić information content (AvgIpc) is 3.43. The number of methoxy groups -OCH3 is 2. The Labute approximate surface area is 210 Å². The lowest BCUT2D eigenvalue weighted by Crippen LogP contribution is -2.22. The van der Waals surface area contributed by atoms with Gasteiger partial charge in [0.25, 0.3) is 10.0 Å². The summed E-state index contributed by atoms with van der Waals surface area (Å²) in [5, 5.41) is 0. The molecule has 0 saturated heterocycles. The average molecular weight is 504 g/mol. The molecule has 36 heavy (non-hydrogen) atoms. The van der Waals surface area contributed by atoms with Crippen LogP contribution in [0.3, 0.4) is 0 Å². The number of ether oxygens (including phenoxy) is 2. The summed E-state index contributed by atoms with van der Waals surface area (Å²) < 4.78 is 37.9. The van der Waals surface area contributed by atoms with Crippen molar-refractivity contribution in [2.45, 2.75) is 17.2 Å². The van der Waals surface area contributed by atoms with Gasteiger partial charge in [0.05, 0.1) is 30.7 Å². The van der Waals surface area contributed by atoms with Gasteiger partial charge in [0.2, 0.25) is 0 Å². The van der Waals surface area contributed by atoms with E-state index in [1.165, 1.54) is 44.7 Å². The van der Waals surface area contributed by atoms with E-state index in [4.69, 9.17) is 9.47 Å². The van der Waals surface area contributed by atoms with Crippen molar-refractivity contribution in [2.24, 2.45) is 0 Å². The molecule has 0 aliphatic rings. The van der Waals surface area contributed by atoms with Gasteiger partial charge in [0, 0.05) is 18.2 Å². The second kappa shape index (κ2) is 10.6.